The van der Waals surface area contributed by atoms with Crippen LogP contribution in [0.15, 0.2) is 43.9 Å². The van der Waals surface area contributed by atoms with E-state index < -0.39 is 0 Å². The van der Waals surface area contributed by atoms with Crippen LogP contribution in [0, 0.1) is 0 Å². The molecule has 0 aliphatic carbocycles. The molecule has 4 nitrogen and oxygen atoms in total. The van der Waals surface area contributed by atoms with Crippen LogP contribution >= 0.6 is 39.1 Å². The van der Waals surface area contributed by atoms with Crippen molar-refractivity contribution in [2.75, 3.05) is 5.73 Å². The number of aromatic nitrogens is 1. The van der Waals surface area contributed by atoms with Gasteiger partial charge in [-0.25, -0.2) is 0 Å². The fourth-order valence-electron chi connectivity index (χ4n) is 1.87. The van der Waals surface area contributed by atoms with Crippen molar-refractivity contribution in [3.05, 3.63) is 45.0 Å². The molecular weight excluding hydrogens is 367 g/mol. The van der Waals surface area contributed by atoms with Crippen molar-refractivity contribution in [3.63, 3.8) is 0 Å². The number of nitrogens with two attached hydrogens (primary N) is 1. The number of furan rings is 1. The molecule has 2 heterocycles. The van der Waals surface area contributed by atoms with Crippen LogP contribution in [0.25, 0.3) is 22.6 Å². The lowest BCUT2D eigenvalue weighted by Gasteiger charge is -2.04. The zero-order chi connectivity index (χ0) is 14.3. The molecule has 0 aliphatic rings. The number of nitrogen functional groups attached to an aromatic ring is 1. The normalized spacial score (nSPS) is 10.9. The van der Waals surface area contributed by atoms with Crippen LogP contribution < -0.4 is 5.73 Å². The summed E-state index contributed by atoms with van der Waals surface area (Å²) in [6, 6.07) is 8.63. The van der Waals surface area contributed by atoms with E-state index in [1.165, 1.54) is 0 Å². The molecule has 3 aromatic rings. The molecule has 0 spiro atoms. The molecule has 0 bridgehead atoms. The zero-order valence-corrected chi connectivity index (χ0v) is 13.0. The molecule has 7 heteroatoms. The van der Waals surface area contributed by atoms with Gasteiger partial charge in [-0.1, -0.05) is 34.4 Å². The predicted octanol–water partition coefficient (Wildman–Crippen LogP) is 5.25. The van der Waals surface area contributed by atoms with Gasteiger partial charge in [0, 0.05) is 10.6 Å². The van der Waals surface area contributed by atoms with Gasteiger partial charge in [-0.15, -0.1) is 0 Å². The Hall–Kier alpha value is -1.43. The number of hydrogen-bond donors (Lipinski definition) is 1. The van der Waals surface area contributed by atoms with Crippen molar-refractivity contribution in [3.8, 4) is 22.6 Å². The first-order valence-electron chi connectivity index (χ1n) is 5.52. The number of halogens is 3. The van der Waals surface area contributed by atoms with Crippen LogP contribution in [0.4, 0.5) is 5.88 Å². The molecular formula is C13H7BrCl2N2O2. The largest absolute Gasteiger partial charge is 0.448 e. The third-order valence-corrected chi connectivity index (χ3v) is 3.70. The maximum Gasteiger partial charge on any atom is 0.230 e. The van der Waals surface area contributed by atoms with E-state index in [2.05, 4.69) is 21.1 Å². The van der Waals surface area contributed by atoms with Crippen molar-refractivity contribution in [2.24, 2.45) is 0 Å². The second-order valence-electron chi connectivity index (χ2n) is 4.00. The lowest BCUT2D eigenvalue weighted by molar-refractivity contribution is 0.435. The highest BCUT2D eigenvalue weighted by atomic mass is 79.9. The van der Waals surface area contributed by atoms with Gasteiger partial charge in [0.1, 0.15) is 0 Å². The summed E-state index contributed by atoms with van der Waals surface area (Å²) < 4.78 is 11.1. The van der Waals surface area contributed by atoms with Crippen LogP contribution in [-0.2, 0) is 0 Å². The average Bonchev–Trinajstić information content (AvgIpc) is 2.96. The molecule has 3 rings (SSSR count). The summed E-state index contributed by atoms with van der Waals surface area (Å²) in [5.74, 6) is 0.690. The Morgan fingerprint density at radius 3 is 2.60 bits per heavy atom. The van der Waals surface area contributed by atoms with Gasteiger partial charge in [0.15, 0.2) is 16.1 Å². The van der Waals surface area contributed by atoms with Crippen molar-refractivity contribution >= 4 is 45.0 Å². The minimum Gasteiger partial charge on any atom is -0.448 e. The van der Waals surface area contributed by atoms with Crippen molar-refractivity contribution in [2.45, 2.75) is 0 Å². The number of nitrogens with zero attached hydrogens (tertiary/aromatic N) is 1. The summed E-state index contributed by atoms with van der Waals surface area (Å²) in [5.41, 5.74) is 7.59. The fraction of sp³-hybridized carbons (Fsp3) is 0. The van der Waals surface area contributed by atoms with E-state index in [1.54, 1.807) is 30.3 Å². The first kappa shape index (κ1) is 13.5. The van der Waals surface area contributed by atoms with Gasteiger partial charge in [-0.3, -0.25) is 0 Å². The molecule has 0 atom stereocenters. The molecule has 102 valence electrons. The molecule has 1 aromatic carbocycles. The molecule has 0 fully saturated rings. The van der Waals surface area contributed by atoms with E-state index >= 15 is 0 Å². The Bertz CT molecular complexity index is 783. The number of benzene rings is 1. The Kier molecular flexibility index (Phi) is 3.50. The summed E-state index contributed by atoms with van der Waals surface area (Å²) in [6.45, 7) is 0. The van der Waals surface area contributed by atoms with Crippen LogP contribution in [0.1, 0.15) is 0 Å². The zero-order valence-electron chi connectivity index (χ0n) is 9.86. The van der Waals surface area contributed by atoms with Crippen LogP contribution in [0.5, 0.6) is 0 Å². The molecule has 20 heavy (non-hydrogen) atoms. The Morgan fingerprint density at radius 2 is 1.95 bits per heavy atom. The molecule has 0 radical (unpaired) electrons. The van der Waals surface area contributed by atoms with Gasteiger partial charge >= 0.3 is 0 Å². The highest BCUT2D eigenvalue weighted by Crippen LogP contribution is 2.41. The van der Waals surface area contributed by atoms with E-state index in [9.17, 15) is 0 Å². The van der Waals surface area contributed by atoms with Crippen molar-refractivity contribution in [1.82, 2.24) is 5.16 Å². The molecule has 2 aromatic heterocycles. The van der Waals surface area contributed by atoms with Gasteiger partial charge in [-0.05, 0) is 40.2 Å². The monoisotopic (exact) mass is 372 g/mol. The van der Waals surface area contributed by atoms with Crippen LogP contribution in [0.2, 0.25) is 10.0 Å². The summed E-state index contributed by atoms with van der Waals surface area (Å²) in [5, 5.41) is 4.93. The standard InChI is InChI=1S/C13H7BrCl2N2O2/c14-10-4-3-9(19-10)12-11(13(17)20-18-12)7-2-1-6(15)5-8(7)16/h1-5H,17H2. The molecule has 0 amide bonds. The Balaban J connectivity index is 2.21. The maximum atomic E-state index is 6.21. The fourth-order valence-corrected chi connectivity index (χ4v) is 2.67. The van der Waals surface area contributed by atoms with E-state index in [4.69, 9.17) is 37.9 Å². The van der Waals surface area contributed by atoms with E-state index in [0.29, 0.717) is 37.3 Å². The van der Waals surface area contributed by atoms with Gasteiger partial charge < -0.3 is 14.7 Å². The molecule has 0 unspecified atom stereocenters. The highest BCUT2D eigenvalue weighted by Gasteiger charge is 2.21. The third kappa shape index (κ3) is 2.32. The quantitative estimate of drug-likeness (QED) is 0.665. The second-order valence-corrected chi connectivity index (χ2v) is 5.62. The Labute approximate surface area is 132 Å². The first-order valence-corrected chi connectivity index (χ1v) is 7.07. The SMILES string of the molecule is Nc1onc(-c2ccc(Br)o2)c1-c1ccc(Cl)cc1Cl. The second kappa shape index (κ2) is 5.16. The van der Waals surface area contributed by atoms with E-state index in [1.807, 2.05) is 0 Å². The minimum absolute atomic E-state index is 0.164. The topological polar surface area (TPSA) is 65.2 Å². The summed E-state index contributed by atoms with van der Waals surface area (Å²) in [6.07, 6.45) is 0. The smallest absolute Gasteiger partial charge is 0.230 e. The Morgan fingerprint density at radius 1 is 1.15 bits per heavy atom. The maximum absolute atomic E-state index is 6.21. The molecule has 0 saturated heterocycles. The molecule has 0 saturated carbocycles. The van der Waals surface area contributed by atoms with Crippen molar-refractivity contribution in [1.29, 1.82) is 0 Å². The number of anilines is 1. The summed E-state index contributed by atoms with van der Waals surface area (Å²) in [7, 11) is 0. The number of hydrogen-bond acceptors (Lipinski definition) is 4. The van der Waals surface area contributed by atoms with E-state index in [-0.39, 0.29) is 5.88 Å². The third-order valence-electron chi connectivity index (χ3n) is 2.73. The predicted molar refractivity (Wildman–Crippen MR) is 81.8 cm³/mol. The van der Waals surface area contributed by atoms with Crippen LogP contribution in [-0.4, -0.2) is 5.16 Å². The van der Waals surface area contributed by atoms with Gasteiger partial charge in [0.05, 0.1) is 10.6 Å². The summed E-state index contributed by atoms with van der Waals surface area (Å²) in [4.78, 5) is 0. The van der Waals surface area contributed by atoms with Gasteiger partial charge in [0.2, 0.25) is 5.88 Å². The molecule has 2 N–H and O–H groups in total. The highest BCUT2D eigenvalue weighted by molar-refractivity contribution is 9.10. The minimum atomic E-state index is 0.164. The first-order chi connectivity index (χ1) is 9.56. The lowest BCUT2D eigenvalue weighted by Crippen LogP contribution is -1.88. The molecule has 0 aliphatic heterocycles. The lowest BCUT2D eigenvalue weighted by atomic mass is 10.0. The van der Waals surface area contributed by atoms with Crippen molar-refractivity contribution < 1.29 is 8.94 Å². The van der Waals surface area contributed by atoms with Crippen LogP contribution in [0.3, 0.4) is 0 Å². The summed E-state index contributed by atoms with van der Waals surface area (Å²) >= 11 is 15.3. The van der Waals surface area contributed by atoms with Gasteiger partial charge in [0.25, 0.3) is 0 Å². The average molecular weight is 374 g/mol. The number of rotatable bonds is 2. The van der Waals surface area contributed by atoms with Gasteiger partial charge in [-0.2, -0.15) is 0 Å². The van der Waals surface area contributed by atoms with E-state index in [0.717, 1.165) is 0 Å².